The molecule has 0 aliphatic rings. The van der Waals surface area contributed by atoms with Gasteiger partial charge in [-0.05, 0) is 31.2 Å². The summed E-state index contributed by atoms with van der Waals surface area (Å²) < 4.78 is 1.85. The Morgan fingerprint density at radius 2 is 2.29 bits per heavy atom. The second kappa shape index (κ2) is 3.96. The van der Waals surface area contributed by atoms with Gasteiger partial charge in [-0.1, -0.05) is 6.07 Å². The van der Waals surface area contributed by atoms with Crippen molar-refractivity contribution in [2.75, 3.05) is 11.9 Å². The molecule has 1 aromatic heterocycles. The first kappa shape index (κ1) is 8.81. The number of nitrogens with one attached hydrogen (secondary N) is 1. The van der Waals surface area contributed by atoms with Crippen LogP contribution in [0.15, 0.2) is 42.7 Å². The molecular weight excluding hydrogens is 174 g/mol. The predicted molar refractivity (Wildman–Crippen MR) is 57.7 cm³/mol. The maximum absolute atomic E-state index is 4.18. The number of anilines is 1. The second-order valence-electron chi connectivity index (χ2n) is 3.03. The maximum Gasteiger partial charge on any atom is 0.0666 e. The predicted octanol–water partition coefficient (Wildman–Crippen LogP) is 2.30. The van der Waals surface area contributed by atoms with Crippen LogP contribution in [-0.2, 0) is 0 Å². The van der Waals surface area contributed by atoms with Crippen LogP contribution in [0.25, 0.3) is 5.69 Å². The Balaban J connectivity index is 2.31. The fourth-order valence-corrected chi connectivity index (χ4v) is 1.38. The monoisotopic (exact) mass is 187 g/mol. The third kappa shape index (κ3) is 1.76. The van der Waals surface area contributed by atoms with Gasteiger partial charge in [-0.2, -0.15) is 5.10 Å². The summed E-state index contributed by atoms with van der Waals surface area (Å²) in [5.74, 6) is 0. The Labute approximate surface area is 83.4 Å². The number of nitrogens with zero attached hydrogens (tertiary/aromatic N) is 2. The largest absolute Gasteiger partial charge is 0.385 e. The van der Waals surface area contributed by atoms with E-state index in [9.17, 15) is 0 Å². The molecule has 0 spiro atoms. The standard InChI is InChI=1S/C11H13N3/c1-2-12-10-5-3-6-11(9-10)14-8-4-7-13-14/h3-9,12H,2H2,1H3. The van der Waals surface area contributed by atoms with Crippen LogP contribution in [0.4, 0.5) is 5.69 Å². The highest BCUT2D eigenvalue weighted by atomic mass is 15.3. The van der Waals surface area contributed by atoms with Crippen LogP contribution in [0, 0.1) is 0 Å². The van der Waals surface area contributed by atoms with Gasteiger partial charge in [0.05, 0.1) is 5.69 Å². The van der Waals surface area contributed by atoms with E-state index < -0.39 is 0 Å². The topological polar surface area (TPSA) is 29.9 Å². The Bertz CT molecular complexity index is 393. The lowest BCUT2D eigenvalue weighted by molar-refractivity contribution is 0.880. The molecule has 72 valence electrons. The van der Waals surface area contributed by atoms with Gasteiger partial charge in [0.15, 0.2) is 0 Å². The summed E-state index contributed by atoms with van der Waals surface area (Å²) in [5.41, 5.74) is 2.20. The first-order valence-electron chi connectivity index (χ1n) is 4.74. The maximum atomic E-state index is 4.18. The lowest BCUT2D eigenvalue weighted by atomic mass is 10.3. The molecule has 0 radical (unpaired) electrons. The van der Waals surface area contributed by atoms with Crippen LogP contribution >= 0.6 is 0 Å². The number of aromatic nitrogens is 2. The Kier molecular flexibility index (Phi) is 2.49. The SMILES string of the molecule is CCNc1cccc(-n2cccn2)c1. The van der Waals surface area contributed by atoms with Crippen molar-refractivity contribution in [1.82, 2.24) is 9.78 Å². The third-order valence-electron chi connectivity index (χ3n) is 2.00. The summed E-state index contributed by atoms with van der Waals surface area (Å²) in [6, 6.07) is 10.1. The Hall–Kier alpha value is -1.77. The van der Waals surface area contributed by atoms with E-state index in [0.29, 0.717) is 0 Å². The zero-order chi connectivity index (χ0) is 9.80. The van der Waals surface area contributed by atoms with Crippen LogP contribution < -0.4 is 5.32 Å². The molecular formula is C11H13N3. The minimum absolute atomic E-state index is 0.933. The van der Waals surface area contributed by atoms with Crippen molar-refractivity contribution in [1.29, 1.82) is 0 Å². The molecule has 1 N–H and O–H groups in total. The van der Waals surface area contributed by atoms with E-state index in [2.05, 4.69) is 29.5 Å². The molecule has 0 unspecified atom stereocenters. The number of benzene rings is 1. The van der Waals surface area contributed by atoms with Crippen molar-refractivity contribution in [3.63, 3.8) is 0 Å². The molecule has 3 heteroatoms. The summed E-state index contributed by atoms with van der Waals surface area (Å²) in [6.07, 6.45) is 3.71. The zero-order valence-corrected chi connectivity index (χ0v) is 8.14. The van der Waals surface area contributed by atoms with Gasteiger partial charge >= 0.3 is 0 Å². The van der Waals surface area contributed by atoms with E-state index in [1.54, 1.807) is 6.20 Å². The van der Waals surface area contributed by atoms with E-state index in [4.69, 9.17) is 0 Å². The van der Waals surface area contributed by atoms with Crippen LogP contribution in [-0.4, -0.2) is 16.3 Å². The molecule has 2 aromatic rings. The first-order valence-corrected chi connectivity index (χ1v) is 4.74. The van der Waals surface area contributed by atoms with Gasteiger partial charge in [-0.15, -0.1) is 0 Å². The molecule has 0 aliphatic carbocycles. The molecule has 0 saturated heterocycles. The fraction of sp³-hybridized carbons (Fsp3) is 0.182. The summed E-state index contributed by atoms with van der Waals surface area (Å²) in [7, 11) is 0. The highest BCUT2D eigenvalue weighted by Gasteiger charge is 1.96. The Morgan fingerprint density at radius 3 is 3.00 bits per heavy atom. The number of rotatable bonds is 3. The molecule has 1 aromatic carbocycles. The first-order chi connectivity index (χ1) is 6.90. The van der Waals surface area contributed by atoms with E-state index in [1.807, 2.05) is 29.1 Å². The normalized spacial score (nSPS) is 10.1. The number of hydrogen-bond acceptors (Lipinski definition) is 2. The average Bonchev–Trinajstić information content (AvgIpc) is 2.71. The van der Waals surface area contributed by atoms with E-state index in [-0.39, 0.29) is 0 Å². The molecule has 0 fully saturated rings. The molecule has 1 heterocycles. The van der Waals surface area contributed by atoms with Gasteiger partial charge in [0.2, 0.25) is 0 Å². The van der Waals surface area contributed by atoms with Crippen molar-refractivity contribution < 1.29 is 0 Å². The van der Waals surface area contributed by atoms with Crippen LogP contribution in [0.3, 0.4) is 0 Å². The lowest BCUT2D eigenvalue weighted by Crippen LogP contribution is -1.99. The van der Waals surface area contributed by atoms with Gasteiger partial charge in [0.1, 0.15) is 0 Å². The quantitative estimate of drug-likeness (QED) is 0.799. The third-order valence-corrected chi connectivity index (χ3v) is 2.00. The zero-order valence-electron chi connectivity index (χ0n) is 8.14. The summed E-state index contributed by atoms with van der Waals surface area (Å²) in [4.78, 5) is 0. The lowest BCUT2D eigenvalue weighted by Gasteiger charge is -2.05. The van der Waals surface area contributed by atoms with Crippen molar-refractivity contribution in [2.24, 2.45) is 0 Å². The minimum Gasteiger partial charge on any atom is -0.385 e. The molecule has 0 aliphatic heterocycles. The van der Waals surface area contributed by atoms with E-state index >= 15 is 0 Å². The van der Waals surface area contributed by atoms with Gasteiger partial charge in [0, 0.05) is 24.6 Å². The molecule has 14 heavy (non-hydrogen) atoms. The summed E-state index contributed by atoms with van der Waals surface area (Å²) in [6.45, 7) is 3.02. The van der Waals surface area contributed by atoms with Crippen molar-refractivity contribution in [3.8, 4) is 5.69 Å². The van der Waals surface area contributed by atoms with Crippen molar-refractivity contribution >= 4 is 5.69 Å². The highest BCUT2D eigenvalue weighted by Crippen LogP contribution is 2.13. The second-order valence-corrected chi connectivity index (χ2v) is 3.03. The molecule has 0 amide bonds. The summed E-state index contributed by atoms with van der Waals surface area (Å²) >= 11 is 0. The molecule has 0 atom stereocenters. The number of hydrogen-bond donors (Lipinski definition) is 1. The highest BCUT2D eigenvalue weighted by molar-refractivity contribution is 5.50. The minimum atomic E-state index is 0.933. The fourth-order valence-electron chi connectivity index (χ4n) is 1.38. The molecule has 0 bridgehead atoms. The van der Waals surface area contributed by atoms with Gasteiger partial charge in [-0.25, -0.2) is 4.68 Å². The van der Waals surface area contributed by atoms with E-state index in [1.165, 1.54) is 0 Å². The molecule has 0 saturated carbocycles. The molecule has 3 nitrogen and oxygen atoms in total. The van der Waals surface area contributed by atoms with Gasteiger partial charge in [-0.3, -0.25) is 0 Å². The molecule has 2 rings (SSSR count). The smallest absolute Gasteiger partial charge is 0.0666 e. The van der Waals surface area contributed by atoms with Crippen molar-refractivity contribution in [3.05, 3.63) is 42.7 Å². The van der Waals surface area contributed by atoms with Crippen LogP contribution in [0.5, 0.6) is 0 Å². The average molecular weight is 187 g/mol. The van der Waals surface area contributed by atoms with Crippen LogP contribution in [0.2, 0.25) is 0 Å². The van der Waals surface area contributed by atoms with Crippen LogP contribution in [0.1, 0.15) is 6.92 Å². The summed E-state index contributed by atoms with van der Waals surface area (Å²) in [5, 5.41) is 7.45. The van der Waals surface area contributed by atoms with Crippen molar-refractivity contribution in [2.45, 2.75) is 6.92 Å². The van der Waals surface area contributed by atoms with Gasteiger partial charge in [0.25, 0.3) is 0 Å². The van der Waals surface area contributed by atoms with Gasteiger partial charge < -0.3 is 5.32 Å². The Morgan fingerprint density at radius 1 is 1.36 bits per heavy atom. The van der Waals surface area contributed by atoms with E-state index in [0.717, 1.165) is 17.9 Å².